The van der Waals surface area contributed by atoms with Crippen LogP contribution in [0.3, 0.4) is 0 Å². The van der Waals surface area contributed by atoms with Gasteiger partial charge in [0.15, 0.2) is 0 Å². The first-order valence-electron chi connectivity index (χ1n) is 3.27. The van der Waals surface area contributed by atoms with Crippen LogP contribution in [0, 0.1) is 4.91 Å². The topological polar surface area (TPSA) is 38.7 Å². The van der Waals surface area contributed by atoms with Gasteiger partial charge in [-0.15, -0.1) is 0 Å². The fraction of sp³-hybridized carbons (Fsp3) is 1.00. The first kappa shape index (κ1) is 6.68. The summed E-state index contributed by atoms with van der Waals surface area (Å²) in [5.74, 6) is 0. The van der Waals surface area contributed by atoms with Gasteiger partial charge in [-0.05, 0) is 19.8 Å². The first-order chi connectivity index (χ1) is 4.33. The van der Waals surface area contributed by atoms with Crippen molar-refractivity contribution in [3.8, 4) is 0 Å². The highest BCUT2D eigenvalue weighted by molar-refractivity contribution is 4.71. The van der Waals surface area contributed by atoms with Crippen LogP contribution in [0.1, 0.15) is 19.8 Å². The third-order valence-corrected chi connectivity index (χ3v) is 1.60. The Balaban J connectivity index is 2.21. The van der Waals surface area contributed by atoms with E-state index >= 15 is 0 Å². The summed E-state index contributed by atoms with van der Waals surface area (Å²) in [5.41, 5.74) is 0. The lowest BCUT2D eigenvalue weighted by Gasteiger charge is -2.04. The minimum absolute atomic E-state index is 0.109. The molecule has 0 N–H and O–H groups in total. The Kier molecular flexibility index (Phi) is 2.16. The third-order valence-electron chi connectivity index (χ3n) is 1.60. The van der Waals surface area contributed by atoms with Gasteiger partial charge in [0.2, 0.25) is 0 Å². The van der Waals surface area contributed by atoms with Gasteiger partial charge in [-0.3, -0.25) is 0 Å². The fourth-order valence-corrected chi connectivity index (χ4v) is 1.10. The molecule has 1 rings (SSSR count). The van der Waals surface area contributed by atoms with E-state index in [0.29, 0.717) is 12.6 Å². The van der Waals surface area contributed by atoms with Crippen molar-refractivity contribution in [3.05, 3.63) is 4.91 Å². The quantitative estimate of drug-likeness (QED) is 0.527. The molecule has 0 aromatic heterocycles. The van der Waals surface area contributed by atoms with Crippen LogP contribution in [-0.2, 0) is 4.74 Å². The maximum Gasteiger partial charge on any atom is 0.107 e. The van der Waals surface area contributed by atoms with Gasteiger partial charge in [-0.2, -0.15) is 4.91 Å². The van der Waals surface area contributed by atoms with E-state index in [-0.39, 0.29) is 6.10 Å². The molecule has 2 unspecified atom stereocenters. The Morgan fingerprint density at radius 3 is 2.89 bits per heavy atom. The second-order valence-electron chi connectivity index (χ2n) is 2.46. The minimum atomic E-state index is 0.109. The lowest BCUT2D eigenvalue weighted by atomic mass is 10.2. The zero-order valence-electron chi connectivity index (χ0n) is 5.54. The zero-order valence-corrected chi connectivity index (χ0v) is 5.54. The van der Waals surface area contributed by atoms with Gasteiger partial charge < -0.3 is 4.74 Å². The summed E-state index contributed by atoms with van der Waals surface area (Å²) < 4.78 is 5.31. The molecule has 9 heavy (non-hydrogen) atoms. The maximum atomic E-state index is 9.74. The minimum Gasteiger partial charge on any atom is -0.373 e. The Hall–Kier alpha value is -0.440. The molecule has 1 aliphatic heterocycles. The van der Waals surface area contributed by atoms with Gasteiger partial charge in [0.25, 0.3) is 0 Å². The number of nitrogens with zero attached hydrogens (tertiary/aromatic N) is 1. The molecule has 1 aliphatic rings. The lowest BCUT2D eigenvalue weighted by molar-refractivity contribution is 0.0614. The molecule has 0 aromatic rings. The van der Waals surface area contributed by atoms with E-state index < -0.39 is 0 Å². The normalized spacial score (nSPS) is 34.8. The van der Waals surface area contributed by atoms with Crippen LogP contribution in [0.15, 0.2) is 5.18 Å². The van der Waals surface area contributed by atoms with Gasteiger partial charge in [0, 0.05) is 0 Å². The smallest absolute Gasteiger partial charge is 0.107 e. The molecule has 1 heterocycles. The average Bonchev–Trinajstić information content (AvgIpc) is 2.17. The molecule has 0 aromatic carbocycles. The second kappa shape index (κ2) is 2.92. The van der Waals surface area contributed by atoms with E-state index in [2.05, 4.69) is 5.18 Å². The van der Waals surface area contributed by atoms with E-state index in [4.69, 9.17) is 4.74 Å². The van der Waals surface area contributed by atoms with Gasteiger partial charge in [-0.1, -0.05) is 5.18 Å². The number of hydrogen-bond acceptors (Lipinski definition) is 3. The molecule has 0 amide bonds. The van der Waals surface area contributed by atoms with Crippen molar-refractivity contribution >= 4 is 0 Å². The molecular weight excluding hydrogens is 118 g/mol. The van der Waals surface area contributed by atoms with Crippen LogP contribution < -0.4 is 0 Å². The van der Waals surface area contributed by atoms with Crippen LogP contribution in [0.2, 0.25) is 0 Å². The van der Waals surface area contributed by atoms with Gasteiger partial charge >= 0.3 is 0 Å². The molecule has 0 spiro atoms. The van der Waals surface area contributed by atoms with Crippen molar-refractivity contribution < 1.29 is 4.74 Å². The van der Waals surface area contributed by atoms with Crippen molar-refractivity contribution in [2.45, 2.75) is 32.0 Å². The van der Waals surface area contributed by atoms with Gasteiger partial charge in [0.05, 0.1) is 12.2 Å². The summed E-state index contributed by atoms with van der Waals surface area (Å²) in [6.07, 6.45) is 2.50. The Labute approximate surface area is 54.4 Å². The van der Waals surface area contributed by atoms with Gasteiger partial charge in [-0.25, -0.2) is 0 Å². The van der Waals surface area contributed by atoms with Crippen LogP contribution in [0.4, 0.5) is 0 Å². The van der Waals surface area contributed by atoms with E-state index in [9.17, 15) is 4.91 Å². The molecule has 0 aliphatic carbocycles. The number of rotatable bonds is 2. The van der Waals surface area contributed by atoms with Crippen molar-refractivity contribution in [3.63, 3.8) is 0 Å². The SMILES string of the molecule is CC1CCC(CN=O)O1. The number of ether oxygens (including phenoxy) is 1. The summed E-state index contributed by atoms with van der Waals surface area (Å²) in [5, 5.41) is 2.78. The molecule has 0 radical (unpaired) electrons. The summed E-state index contributed by atoms with van der Waals surface area (Å²) in [4.78, 5) is 9.74. The molecule has 3 heteroatoms. The Morgan fingerprint density at radius 1 is 1.67 bits per heavy atom. The molecule has 52 valence electrons. The average molecular weight is 129 g/mol. The number of nitroso groups, excluding NO2 is 1. The van der Waals surface area contributed by atoms with Crippen molar-refractivity contribution in [2.75, 3.05) is 6.54 Å². The molecule has 3 nitrogen and oxygen atoms in total. The van der Waals surface area contributed by atoms with Crippen LogP contribution >= 0.6 is 0 Å². The van der Waals surface area contributed by atoms with E-state index in [1.54, 1.807) is 0 Å². The van der Waals surface area contributed by atoms with E-state index in [1.807, 2.05) is 6.92 Å². The summed E-state index contributed by atoms with van der Waals surface area (Å²) in [6, 6.07) is 0. The monoisotopic (exact) mass is 129 g/mol. The molecule has 0 saturated carbocycles. The van der Waals surface area contributed by atoms with Gasteiger partial charge in [0.1, 0.15) is 6.54 Å². The molecule has 0 bridgehead atoms. The first-order valence-corrected chi connectivity index (χ1v) is 3.27. The highest BCUT2D eigenvalue weighted by Crippen LogP contribution is 2.18. The zero-order chi connectivity index (χ0) is 6.69. The van der Waals surface area contributed by atoms with Crippen molar-refractivity contribution in [1.29, 1.82) is 0 Å². The number of hydrogen-bond donors (Lipinski definition) is 0. The Bertz CT molecular complexity index is 105. The summed E-state index contributed by atoms with van der Waals surface area (Å²) in [7, 11) is 0. The summed E-state index contributed by atoms with van der Waals surface area (Å²) in [6.45, 7) is 2.34. The van der Waals surface area contributed by atoms with Crippen LogP contribution in [0.25, 0.3) is 0 Å². The second-order valence-corrected chi connectivity index (χ2v) is 2.46. The van der Waals surface area contributed by atoms with Crippen molar-refractivity contribution in [2.24, 2.45) is 5.18 Å². The predicted octanol–water partition coefficient (Wildman–Crippen LogP) is 1.32. The largest absolute Gasteiger partial charge is 0.373 e. The molecular formula is C6H11NO2. The fourth-order valence-electron chi connectivity index (χ4n) is 1.10. The molecule has 2 atom stereocenters. The summed E-state index contributed by atoms with van der Waals surface area (Å²) >= 11 is 0. The lowest BCUT2D eigenvalue weighted by Crippen LogP contribution is -2.10. The third kappa shape index (κ3) is 1.75. The van der Waals surface area contributed by atoms with Crippen LogP contribution in [-0.4, -0.2) is 18.8 Å². The molecule has 1 fully saturated rings. The standard InChI is InChI=1S/C6H11NO2/c1-5-2-3-6(9-5)4-7-8/h5-6H,2-4H2,1H3. The van der Waals surface area contributed by atoms with E-state index in [0.717, 1.165) is 12.8 Å². The van der Waals surface area contributed by atoms with E-state index in [1.165, 1.54) is 0 Å². The maximum absolute atomic E-state index is 9.74. The molecule has 1 saturated heterocycles. The van der Waals surface area contributed by atoms with Crippen molar-refractivity contribution in [1.82, 2.24) is 0 Å². The predicted molar refractivity (Wildman–Crippen MR) is 34.2 cm³/mol. The highest BCUT2D eigenvalue weighted by atomic mass is 16.5. The Morgan fingerprint density at radius 2 is 2.44 bits per heavy atom. The highest BCUT2D eigenvalue weighted by Gasteiger charge is 2.21. The van der Waals surface area contributed by atoms with Crippen LogP contribution in [0.5, 0.6) is 0 Å².